The van der Waals surface area contributed by atoms with E-state index in [0.717, 1.165) is 16.8 Å². The molecule has 3 aromatic rings. The van der Waals surface area contributed by atoms with E-state index in [-0.39, 0.29) is 5.76 Å². The minimum absolute atomic E-state index is 0.0579. The molecule has 2 aromatic heterocycles. The summed E-state index contributed by atoms with van der Waals surface area (Å²) in [7, 11) is 0. The Labute approximate surface area is 126 Å². The summed E-state index contributed by atoms with van der Waals surface area (Å²) in [6, 6.07) is 7.36. The molecule has 1 aromatic carbocycles. The van der Waals surface area contributed by atoms with Crippen molar-refractivity contribution in [2.45, 2.75) is 13.8 Å². The lowest BCUT2D eigenvalue weighted by Crippen LogP contribution is -1.95. The number of furan rings is 1. The van der Waals surface area contributed by atoms with E-state index in [1.807, 2.05) is 25.1 Å². The molecule has 0 atom stereocenters. The zero-order valence-electron chi connectivity index (χ0n) is 12.1. The minimum Gasteiger partial charge on any atom is -0.475 e. The van der Waals surface area contributed by atoms with Gasteiger partial charge < -0.3 is 19.3 Å². The van der Waals surface area contributed by atoms with Gasteiger partial charge >= 0.3 is 5.97 Å². The number of nitrogens with zero attached hydrogens (tertiary/aromatic N) is 1. The molecule has 6 heteroatoms. The van der Waals surface area contributed by atoms with E-state index in [1.165, 1.54) is 6.39 Å². The van der Waals surface area contributed by atoms with Crippen LogP contribution < -0.4 is 5.32 Å². The first-order valence-electron chi connectivity index (χ1n) is 6.65. The van der Waals surface area contributed by atoms with Crippen LogP contribution in [0.15, 0.2) is 45.7 Å². The van der Waals surface area contributed by atoms with Gasteiger partial charge in [0.05, 0.1) is 6.20 Å². The van der Waals surface area contributed by atoms with Crippen LogP contribution in [0, 0.1) is 13.8 Å². The first-order valence-corrected chi connectivity index (χ1v) is 6.65. The van der Waals surface area contributed by atoms with Crippen molar-refractivity contribution in [1.29, 1.82) is 0 Å². The van der Waals surface area contributed by atoms with Crippen LogP contribution in [-0.2, 0) is 0 Å². The maximum absolute atomic E-state index is 11.0. The fourth-order valence-corrected chi connectivity index (χ4v) is 2.26. The van der Waals surface area contributed by atoms with Crippen LogP contribution in [0.25, 0.3) is 11.3 Å². The van der Waals surface area contributed by atoms with Crippen LogP contribution in [0.1, 0.15) is 21.7 Å². The number of carbonyl (C=O) groups is 1. The summed E-state index contributed by atoms with van der Waals surface area (Å²) < 4.78 is 10.6. The number of hydrogen-bond acceptors (Lipinski definition) is 5. The van der Waals surface area contributed by atoms with Crippen molar-refractivity contribution >= 4 is 17.5 Å². The maximum Gasteiger partial charge on any atom is 0.372 e. The Balaban J connectivity index is 1.86. The topological polar surface area (TPSA) is 88.5 Å². The van der Waals surface area contributed by atoms with Gasteiger partial charge in [-0.1, -0.05) is 0 Å². The lowest BCUT2D eigenvalue weighted by molar-refractivity contribution is 0.0662. The first kappa shape index (κ1) is 13.9. The summed E-state index contributed by atoms with van der Waals surface area (Å²) in [5, 5.41) is 12.1. The molecule has 0 saturated carbocycles. The van der Waals surface area contributed by atoms with Gasteiger partial charge in [0.2, 0.25) is 5.76 Å². The summed E-state index contributed by atoms with van der Waals surface area (Å²) in [5.41, 5.74) is 3.32. The van der Waals surface area contributed by atoms with Crippen molar-refractivity contribution in [3.63, 3.8) is 0 Å². The Morgan fingerprint density at radius 2 is 2.05 bits per heavy atom. The highest BCUT2D eigenvalue weighted by Crippen LogP contribution is 2.28. The highest BCUT2D eigenvalue weighted by molar-refractivity contribution is 5.87. The quantitative estimate of drug-likeness (QED) is 0.757. The summed E-state index contributed by atoms with van der Waals surface area (Å²) in [6.07, 6.45) is 3.05. The largest absolute Gasteiger partial charge is 0.475 e. The molecule has 0 bridgehead atoms. The number of hydrogen-bond donors (Lipinski definition) is 2. The Morgan fingerprint density at radius 3 is 2.64 bits per heavy atom. The number of aryl methyl sites for hydroxylation is 2. The second kappa shape index (κ2) is 5.40. The molecule has 0 spiro atoms. The lowest BCUT2D eigenvalue weighted by atomic mass is 10.1. The molecule has 0 saturated heterocycles. The molecule has 0 aliphatic heterocycles. The van der Waals surface area contributed by atoms with Crippen molar-refractivity contribution in [2.24, 2.45) is 0 Å². The van der Waals surface area contributed by atoms with Crippen LogP contribution in [0.4, 0.5) is 11.6 Å². The molecule has 22 heavy (non-hydrogen) atoms. The smallest absolute Gasteiger partial charge is 0.372 e. The number of aromatic carboxylic acids is 1. The van der Waals surface area contributed by atoms with Gasteiger partial charge in [-0.05, 0) is 37.6 Å². The zero-order chi connectivity index (χ0) is 15.7. The van der Waals surface area contributed by atoms with E-state index in [0.29, 0.717) is 17.2 Å². The van der Waals surface area contributed by atoms with E-state index < -0.39 is 5.97 Å². The number of anilines is 2. The second-order valence-electron chi connectivity index (χ2n) is 4.95. The SMILES string of the molecule is Cc1cc(Nc2cc(C)c(C(=O)O)o2)ccc1-c1cnco1. The van der Waals surface area contributed by atoms with E-state index in [2.05, 4.69) is 10.3 Å². The summed E-state index contributed by atoms with van der Waals surface area (Å²) in [6.45, 7) is 3.65. The van der Waals surface area contributed by atoms with Crippen LogP contribution in [0.5, 0.6) is 0 Å². The van der Waals surface area contributed by atoms with E-state index in [1.54, 1.807) is 19.2 Å². The van der Waals surface area contributed by atoms with Gasteiger partial charge in [-0.2, -0.15) is 0 Å². The van der Waals surface area contributed by atoms with Crippen molar-refractivity contribution in [3.05, 3.63) is 53.7 Å². The van der Waals surface area contributed by atoms with Gasteiger partial charge in [-0.25, -0.2) is 9.78 Å². The Kier molecular flexibility index (Phi) is 3.42. The van der Waals surface area contributed by atoms with Crippen LogP contribution >= 0.6 is 0 Å². The third-order valence-electron chi connectivity index (χ3n) is 3.30. The molecule has 2 heterocycles. The van der Waals surface area contributed by atoms with Crippen molar-refractivity contribution < 1.29 is 18.7 Å². The van der Waals surface area contributed by atoms with Crippen LogP contribution in [0.2, 0.25) is 0 Å². The zero-order valence-corrected chi connectivity index (χ0v) is 12.1. The number of benzene rings is 1. The number of oxazole rings is 1. The van der Waals surface area contributed by atoms with Gasteiger partial charge in [0.25, 0.3) is 0 Å². The molecule has 112 valence electrons. The standard InChI is InChI=1S/C16H14N2O4/c1-9-5-11(3-4-12(9)13-7-17-8-21-13)18-14-6-10(2)15(22-14)16(19)20/h3-8,18H,1-2H3,(H,19,20). The normalized spacial score (nSPS) is 10.6. The van der Waals surface area contributed by atoms with Crippen molar-refractivity contribution in [2.75, 3.05) is 5.32 Å². The summed E-state index contributed by atoms with van der Waals surface area (Å²) in [5.74, 6) is -0.0485. The molecular weight excluding hydrogens is 284 g/mol. The monoisotopic (exact) mass is 298 g/mol. The van der Waals surface area contributed by atoms with Crippen LogP contribution in [-0.4, -0.2) is 16.1 Å². The number of aromatic nitrogens is 1. The third kappa shape index (κ3) is 2.58. The Morgan fingerprint density at radius 1 is 1.23 bits per heavy atom. The molecular formula is C16H14N2O4. The number of carboxylic acid groups (broad SMARTS) is 1. The third-order valence-corrected chi connectivity index (χ3v) is 3.30. The Bertz CT molecular complexity index is 819. The fourth-order valence-electron chi connectivity index (χ4n) is 2.26. The lowest BCUT2D eigenvalue weighted by Gasteiger charge is -2.07. The van der Waals surface area contributed by atoms with Gasteiger partial charge in [0.1, 0.15) is 0 Å². The van der Waals surface area contributed by atoms with Crippen LogP contribution in [0.3, 0.4) is 0 Å². The minimum atomic E-state index is -1.08. The fraction of sp³-hybridized carbons (Fsp3) is 0.125. The first-order chi connectivity index (χ1) is 10.5. The van der Waals surface area contributed by atoms with E-state index >= 15 is 0 Å². The van der Waals surface area contributed by atoms with E-state index in [9.17, 15) is 4.79 Å². The van der Waals surface area contributed by atoms with Gasteiger partial charge in [-0.15, -0.1) is 0 Å². The highest BCUT2D eigenvalue weighted by Gasteiger charge is 2.14. The molecule has 0 amide bonds. The molecule has 0 aliphatic rings. The average Bonchev–Trinajstić information content (AvgIpc) is 3.09. The molecule has 3 rings (SSSR count). The predicted molar refractivity (Wildman–Crippen MR) is 80.4 cm³/mol. The summed E-state index contributed by atoms with van der Waals surface area (Å²) in [4.78, 5) is 14.9. The highest BCUT2D eigenvalue weighted by atomic mass is 16.4. The maximum atomic E-state index is 11.0. The summed E-state index contributed by atoms with van der Waals surface area (Å²) >= 11 is 0. The number of rotatable bonds is 4. The average molecular weight is 298 g/mol. The van der Waals surface area contributed by atoms with Crippen molar-refractivity contribution in [3.8, 4) is 11.3 Å². The number of nitrogens with one attached hydrogen (secondary N) is 1. The molecule has 6 nitrogen and oxygen atoms in total. The number of carboxylic acids is 1. The molecule has 0 radical (unpaired) electrons. The van der Waals surface area contributed by atoms with E-state index in [4.69, 9.17) is 13.9 Å². The predicted octanol–water partition coefficient (Wildman–Crippen LogP) is 3.99. The molecule has 2 N–H and O–H groups in total. The molecule has 0 fully saturated rings. The molecule has 0 unspecified atom stereocenters. The van der Waals surface area contributed by atoms with Crippen molar-refractivity contribution in [1.82, 2.24) is 4.98 Å². The van der Waals surface area contributed by atoms with Gasteiger partial charge in [0.15, 0.2) is 18.0 Å². The van der Waals surface area contributed by atoms with Gasteiger partial charge in [0, 0.05) is 22.9 Å². The van der Waals surface area contributed by atoms with Gasteiger partial charge in [-0.3, -0.25) is 0 Å². The molecule has 0 aliphatic carbocycles. The second-order valence-corrected chi connectivity index (χ2v) is 4.95. The Hall–Kier alpha value is -3.02.